The zero-order chi connectivity index (χ0) is 17.2. The number of amides is 1. The number of nitrogens with zero attached hydrogens (tertiary/aromatic N) is 3. The molecule has 0 radical (unpaired) electrons. The SMILES string of the molecule is O=C(Nc1cccc(-c2cn3cccnc3n2)c1)c1cccc(Cl)c1. The van der Waals surface area contributed by atoms with E-state index in [9.17, 15) is 4.79 Å². The first-order valence-electron chi connectivity index (χ1n) is 7.66. The van der Waals surface area contributed by atoms with Crippen molar-refractivity contribution < 1.29 is 4.79 Å². The summed E-state index contributed by atoms with van der Waals surface area (Å²) in [6, 6.07) is 16.2. The monoisotopic (exact) mass is 348 g/mol. The summed E-state index contributed by atoms with van der Waals surface area (Å²) in [4.78, 5) is 21.1. The Morgan fingerprint density at radius 3 is 2.80 bits per heavy atom. The van der Waals surface area contributed by atoms with Gasteiger partial charge in [-0.1, -0.05) is 29.8 Å². The zero-order valence-corrected chi connectivity index (χ0v) is 13.8. The normalized spacial score (nSPS) is 10.8. The molecular weight excluding hydrogens is 336 g/mol. The fourth-order valence-corrected chi connectivity index (χ4v) is 2.75. The van der Waals surface area contributed by atoms with Gasteiger partial charge in [-0.3, -0.25) is 9.20 Å². The molecular formula is C19H13ClN4O. The van der Waals surface area contributed by atoms with Gasteiger partial charge in [0.2, 0.25) is 5.78 Å². The van der Waals surface area contributed by atoms with Crippen LogP contribution in [-0.4, -0.2) is 20.3 Å². The first kappa shape index (κ1) is 15.4. The maximum Gasteiger partial charge on any atom is 0.255 e. The fourth-order valence-electron chi connectivity index (χ4n) is 2.56. The molecule has 1 amide bonds. The maximum atomic E-state index is 12.4. The Bertz CT molecular complexity index is 1040. The Morgan fingerprint density at radius 2 is 1.96 bits per heavy atom. The molecule has 0 spiro atoms. The minimum Gasteiger partial charge on any atom is -0.322 e. The van der Waals surface area contributed by atoms with Gasteiger partial charge in [-0.2, -0.15) is 0 Å². The molecule has 5 nitrogen and oxygen atoms in total. The molecule has 2 aromatic heterocycles. The van der Waals surface area contributed by atoms with Crippen molar-refractivity contribution in [2.24, 2.45) is 0 Å². The highest BCUT2D eigenvalue weighted by atomic mass is 35.5. The van der Waals surface area contributed by atoms with E-state index in [4.69, 9.17) is 11.6 Å². The van der Waals surface area contributed by atoms with E-state index in [2.05, 4.69) is 15.3 Å². The smallest absolute Gasteiger partial charge is 0.255 e. The minimum atomic E-state index is -0.212. The van der Waals surface area contributed by atoms with Crippen molar-refractivity contribution in [2.75, 3.05) is 5.32 Å². The zero-order valence-electron chi connectivity index (χ0n) is 13.1. The molecule has 0 bridgehead atoms. The quantitative estimate of drug-likeness (QED) is 0.600. The Morgan fingerprint density at radius 1 is 1.08 bits per heavy atom. The van der Waals surface area contributed by atoms with Crippen molar-refractivity contribution in [3.05, 3.63) is 83.8 Å². The molecule has 0 aliphatic rings. The van der Waals surface area contributed by atoms with Gasteiger partial charge in [0.15, 0.2) is 0 Å². The van der Waals surface area contributed by atoms with Crippen molar-refractivity contribution in [1.82, 2.24) is 14.4 Å². The number of carbonyl (C=O) groups excluding carboxylic acids is 1. The van der Waals surface area contributed by atoms with Crippen LogP contribution in [0.2, 0.25) is 5.02 Å². The second-order valence-corrected chi connectivity index (χ2v) is 5.93. The van der Waals surface area contributed by atoms with Gasteiger partial charge >= 0.3 is 0 Å². The van der Waals surface area contributed by atoms with E-state index in [-0.39, 0.29) is 5.91 Å². The van der Waals surface area contributed by atoms with Crippen molar-refractivity contribution in [3.8, 4) is 11.3 Å². The number of hydrogen-bond acceptors (Lipinski definition) is 3. The van der Waals surface area contributed by atoms with Crippen LogP contribution in [0.1, 0.15) is 10.4 Å². The van der Waals surface area contributed by atoms with E-state index in [1.807, 2.05) is 47.1 Å². The lowest BCUT2D eigenvalue weighted by molar-refractivity contribution is 0.102. The standard InChI is InChI=1S/C19H13ClN4O/c20-15-6-1-5-14(10-15)18(25)22-16-7-2-4-13(11-16)17-12-24-9-3-8-21-19(24)23-17/h1-12H,(H,22,25). The van der Waals surface area contributed by atoms with E-state index in [1.54, 1.807) is 30.5 Å². The molecule has 0 aliphatic carbocycles. The molecule has 0 fully saturated rings. The third kappa shape index (κ3) is 3.22. The number of hydrogen-bond donors (Lipinski definition) is 1. The van der Waals surface area contributed by atoms with Gasteiger partial charge in [0, 0.05) is 40.4 Å². The Labute approximate surface area is 148 Å². The lowest BCUT2D eigenvalue weighted by atomic mass is 10.1. The van der Waals surface area contributed by atoms with E-state index < -0.39 is 0 Å². The molecule has 0 saturated heterocycles. The number of nitrogens with one attached hydrogen (secondary N) is 1. The number of rotatable bonds is 3. The number of aromatic nitrogens is 3. The molecule has 4 aromatic rings. The summed E-state index contributed by atoms with van der Waals surface area (Å²) in [5.41, 5.74) is 2.88. The van der Waals surface area contributed by atoms with E-state index >= 15 is 0 Å². The molecule has 2 heterocycles. The number of halogens is 1. The van der Waals surface area contributed by atoms with E-state index in [0.717, 1.165) is 11.3 Å². The molecule has 0 saturated carbocycles. The van der Waals surface area contributed by atoms with Crippen LogP contribution in [0, 0.1) is 0 Å². The lowest BCUT2D eigenvalue weighted by Gasteiger charge is -2.07. The van der Waals surface area contributed by atoms with Crippen LogP contribution in [0.15, 0.2) is 73.2 Å². The average molecular weight is 349 g/mol. The minimum absolute atomic E-state index is 0.212. The van der Waals surface area contributed by atoms with E-state index in [1.165, 1.54) is 0 Å². The third-order valence-electron chi connectivity index (χ3n) is 3.74. The van der Waals surface area contributed by atoms with Crippen molar-refractivity contribution in [3.63, 3.8) is 0 Å². The number of fused-ring (bicyclic) bond motifs is 1. The van der Waals surface area contributed by atoms with Crippen LogP contribution in [-0.2, 0) is 0 Å². The highest BCUT2D eigenvalue weighted by Crippen LogP contribution is 2.22. The lowest BCUT2D eigenvalue weighted by Crippen LogP contribution is -2.11. The second-order valence-electron chi connectivity index (χ2n) is 5.50. The topological polar surface area (TPSA) is 59.3 Å². The van der Waals surface area contributed by atoms with Gasteiger partial charge in [0.25, 0.3) is 5.91 Å². The molecule has 25 heavy (non-hydrogen) atoms. The second kappa shape index (κ2) is 6.37. The van der Waals surface area contributed by atoms with Gasteiger partial charge in [-0.05, 0) is 36.4 Å². The molecule has 4 rings (SSSR count). The molecule has 122 valence electrons. The summed E-state index contributed by atoms with van der Waals surface area (Å²) in [6.45, 7) is 0. The van der Waals surface area contributed by atoms with Crippen LogP contribution in [0.25, 0.3) is 17.0 Å². The average Bonchev–Trinajstić information content (AvgIpc) is 3.06. The summed E-state index contributed by atoms with van der Waals surface area (Å²) in [7, 11) is 0. The van der Waals surface area contributed by atoms with Gasteiger partial charge in [0.05, 0.1) is 5.69 Å². The van der Waals surface area contributed by atoms with E-state index in [0.29, 0.717) is 22.1 Å². The van der Waals surface area contributed by atoms with Gasteiger partial charge in [0.1, 0.15) is 0 Å². The van der Waals surface area contributed by atoms with Crippen LogP contribution in [0.5, 0.6) is 0 Å². The summed E-state index contributed by atoms with van der Waals surface area (Å²) in [5.74, 6) is 0.419. The van der Waals surface area contributed by atoms with Crippen molar-refractivity contribution in [1.29, 1.82) is 0 Å². The molecule has 6 heteroatoms. The molecule has 1 N–H and O–H groups in total. The number of carbonyl (C=O) groups is 1. The van der Waals surface area contributed by atoms with Gasteiger partial charge < -0.3 is 5.32 Å². The number of anilines is 1. The van der Waals surface area contributed by atoms with Crippen molar-refractivity contribution >= 4 is 29.0 Å². The number of benzene rings is 2. The Balaban J connectivity index is 1.62. The third-order valence-corrected chi connectivity index (χ3v) is 3.97. The van der Waals surface area contributed by atoms with Crippen LogP contribution >= 0.6 is 11.6 Å². The first-order valence-corrected chi connectivity index (χ1v) is 8.04. The summed E-state index contributed by atoms with van der Waals surface area (Å²) >= 11 is 5.94. The van der Waals surface area contributed by atoms with Crippen LogP contribution in [0.4, 0.5) is 5.69 Å². The summed E-state index contributed by atoms with van der Waals surface area (Å²) < 4.78 is 1.85. The molecule has 2 aromatic carbocycles. The highest BCUT2D eigenvalue weighted by molar-refractivity contribution is 6.31. The van der Waals surface area contributed by atoms with Gasteiger partial charge in [-0.15, -0.1) is 0 Å². The molecule has 0 unspecified atom stereocenters. The van der Waals surface area contributed by atoms with Gasteiger partial charge in [-0.25, -0.2) is 9.97 Å². The summed E-state index contributed by atoms with van der Waals surface area (Å²) in [6.07, 6.45) is 5.50. The van der Waals surface area contributed by atoms with Crippen LogP contribution in [0.3, 0.4) is 0 Å². The Hall–Kier alpha value is -3.18. The maximum absolute atomic E-state index is 12.4. The predicted molar refractivity (Wildman–Crippen MR) is 97.8 cm³/mol. The highest BCUT2D eigenvalue weighted by Gasteiger charge is 2.09. The Kier molecular flexibility index (Phi) is 3.91. The largest absolute Gasteiger partial charge is 0.322 e. The fraction of sp³-hybridized carbons (Fsp3) is 0. The molecule has 0 aliphatic heterocycles. The van der Waals surface area contributed by atoms with Crippen molar-refractivity contribution in [2.45, 2.75) is 0 Å². The predicted octanol–water partition coefficient (Wildman–Crippen LogP) is 4.30. The number of imidazole rings is 1. The first-order chi connectivity index (χ1) is 12.2. The summed E-state index contributed by atoms with van der Waals surface area (Å²) in [5, 5.41) is 3.41. The van der Waals surface area contributed by atoms with Crippen LogP contribution < -0.4 is 5.32 Å². The molecule has 0 atom stereocenters.